The summed E-state index contributed by atoms with van der Waals surface area (Å²) in [5.74, 6) is 3.09. The first-order chi connectivity index (χ1) is 16.1. The van der Waals surface area contributed by atoms with Gasteiger partial charge in [0.15, 0.2) is 0 Å². The summed E-state index contributed by atoms with van der Waals surface area (Å²) in [7, 11) is 0. The Kier molecular flexibility index (Phi) is 6.10. The number of piperidine rings is 1. The molecule has 0 saturated carbocycles. The average molecular weight is 453 g/mol. The van der Waals surface area contributed by atoms with E-state index in [4.69, 9.17) is 14.7 Å². The van der Waals surface area contributed by atoms with Crippen LogP contribution in [0.5, 0.6) is 0 Å². The van der Waals surface area contributed by atoms with Crippen molar-refractivity contribution in [3.63, 3.8) is 0 Å². The van der Waals surface area contributed by atoms with Crippen LogP contribution in [0.15, 0.2) is 39.4 Å². The molecule has 5 rings (SSSR count). The third-order valence-electron chi connectivity index (χ3n) is 6.55. The van der Waals surface area contributed by atoms with Crippen LogP contribution in [0.4, 0.5) is 5.82 Å². The van der Waals surface area contributed by atoms with Gasteiger partial charge >= 0.3 is 0 Å². The Labute approximate surface area is 191 Å². The quantitative estimate of drug-likeness (QED) is 0.553. The number of aromatic nitrogens is 3. The largest absolute Gasteiger partial charge is 0.462 e. The molecule has 2 saturated heterocycles. The number of rotatable bonds is 7. The van der Waals surface area contributed by atoms with Crippen molar-refractivity contribution in [3.8, 4) is 11.4 Å². The highest BCUT2D eigenvalue weighted by atomic mass is 16.5. The monoisotopic (exact) mass is 452 g/mol. The molecule has 0 radical (unpaired) electrons. The summed E-state index contributed by atoms with van der Waals surface area (Å²) >= 11 is 0. The molecule has 3 N–H and O–H groups in total. The van der Waals surface area contributed by atoms with Crippen molar-refractivity contribution >= 4 is 11.7 Å². The van der Waals surface area contributed by atoms with E-state index in [1.54, 1.807) is 12.3 Å². The van der Waals surface area contributed by atoms with Crippen LogP contribution in [0.1, 0.15) is 49.1 Å². The Morgan fingerprint density at radius 2 is 1.94 bits per heavy atom. The van der Waals surface area contributed by atoms with Gasteiger partial charge in [-0.15, -0.1) is 0 Å². The lowest BCUT2D eigenvalue weighted by atomic mass is 9.96. The number of anilines is 1. The van der Waals surface area contributed by atoms with Gasteiger partial charge in [-0.1, -0.05) is 5.16 Å². The molecule has 0 aromatic carbocycles. The molecule has 1 amide bonds. The summed E-state index contributed by atoms with van der Waals surface area (Å²) in [5, 5.41) is 13.4. The van der Waals surface area contributed by atoms with Gasteiger partial charge in [0.05, 0.1) is 12.6 Å². The van der Waals surface area contributed by atoms with Gasteiger partial charge in [0, 0.05) is 30.8 Å². The van der Waals surface area contributed by atoms with E-state index in [1.807, 2.05) is 18.2 Å². The van der Waals surface area contributed by atoms with Crippen molar-refractivity contribution in [3.05, 3.63) is 47.9 Å². The number of aliphatic hydroxyl groups is 1. The fourth-order valence-corrected chi connectivity index (χ4v) is 4.67. The molecular weight excluding hydrogens is 424 g/mol. The topological polar surface area (TPSA) is 135 Å². The maximum Gasteiger partial charge on any atom is 0.244 e. The van der Waals surface area contributed by atoms with Crippen molar-refractivity contribution in [2.24, 2.45) is 11.7 Å². The van der Waals surface area contributed by atoms with E-state index in [1.165, 1.54) is 0 Å². The SMILES string of the molecule is NC(=O)C1CCN(c2ccc(-c3noc([C@H]4CCCN4Cc4ccc(CO)o4)n3)cn2)CC1. The van der Waals surface area contributed by atoms with Crippen LogP contribution in [0.25, 0.3) is 11.4 Å². The number of carbonyl (C=O) groups is 1. The average Bonchev–Trinajstić information content (AvgIpc) is 3.60. The lowest BCUT2D eigenvalue weighted by molar-refractivity contribution is -0.122. The molecule has 10 heteroatoms. The maximum absolute atomic E-state index is 11.4. The van der Waals surface area contributed by atoms with Gasteiger partial charge < -0.3 is 24.7 Å². The van der Waals surface area contributed by atoms with Crippen molar-refractivity contribution < 1.29 is 18.8 Å². The Morgan fingerprint density at radius 1 is 1.12 bits per heavy atom. The Bertz CT molecular complexity index is 1090. The number of nitrogens with two attached hydrogens (primary N) is 1. The number of aliphatic hydroxyl groups excluding tert-OH is 1. The summed E-state index contributed by atoms with van der Waals surface area (Å²) in [5.41, 5.74) is 6.22. The second kappa shape index (κ2) is 9.32. The molecule has 2 aliphatic heterocycles. The van der Waals surface area contributed by atoms with Crippen LogP contribution in [0.2, 0.25) is 0 Å². The van der Waals surface area contributed by atoms with Crippen LogP contribution < -0.4 is 10.6 Å². The first kappa shape index (κ1) is 21.6. The van der Waals surface area contributed by atoms with Gasteiger partial charge in [-0.3, -0.25) is 9.69 Å². The van der Waals surface area contributed by atoms with Gasteiger partial charge in [-0.25, -0.2) is 4.98 Å². The minimum atomic E-state index is -0.217. The number of likely N-dealkylation sites (tertiary alicyclic amines) is 1. The third-order valence-corrected chi connectivity index (χ3v) is 6.55. The maximum atomic E-state index is 11.4. The normalized spacial score (nSPS) is 19.9. The molecule has 5 heterocycles. The van der Waals surface area contributed by atoms with E-state index in [0.29, 0.717) is 24.0 Å². The van der Waals surface area contributed by atoms with Gasteiger partial charge in [-0.2, -0.15) is 4.98 Å². The summed E-state index contributed by atoms with van der Waals surface area (Å²) < 4.78 is 11.3. The van der Waals surface area contributed by atoms with Crippen molar-refractivity contribution in [2.45, 2.75) is 44.9 Å². The highest BCUT2D eigenvalue weighted by molar-refractivity contribution is 5.77. The zero-order valence-corrected chi connectivity index (χ0v) is 18.4. The molecule has 33 heavy (non-hydrogen) atoms. The molecule has 0 unspecified atom stereocenters. The molecule has 0 aliphatic carbocycles. The summed E-state index contributed by atoms with van der Waals surface area (Å²) in [4.78, 5) is 25.0. The molecule has 0 bridgehead atoms. The minimum Gasteiger partial charge on any atom is -0.462 e. The standard InChI is InChI=1S/C23H28N6O4/c24-21(31)15-7-10-28(11-8-15)20-6-3-16(12-25-20)22-26-23(33-27-22)19-2-1-9-29(19)13-17-4-5-18(14-30)32-17/h3-6,12,15,19,30H,1-2,7-11,13-14H2,(H2,24,31)/t19-/m1/s1. The third kappa shape index (κ3) is 4.62. The fraction of sp³-hybridized carbons (Fsp3) is 0.478. The molecule has 3 aromatic rings. The van der Waals surface area contributed by atoms with E-state index in [0.717, 1.165) is 62.5 Å². The fourth-order valence-electron chi connectivity index (χ4n) is 4.67. The lowest BCUT2D eigenvalue weighted by Crippen LogP contribution is -2.38. The molecule has 2 aliphatic rings. The molecule has 3 aromatic heterocycles. The number of pyridine rings is 1. The highest BCUT2D eigenvalue weighted by Gasteiger charge is 2.31. The number of hydrogen-bond acceptors (Lipinski definition) is 9. The minimum absolute atomic E-state index is 0.0349. The predicted molar refractivity (Wildman–Crippen MR) is 119 cm³/mol. The number of amides is 1. The first-order valence-electron chi connectivity index (χ1n) is 11.4. The van der Waals surface area contributed by atoms with E-state index < -0.39 is 0 Å². The van der Waals surface area contributed by atoms with Gasteiger partial charge in [-0.05, 0) is 56.5 Å². The molecule has 10 nitrogen and oxygen atoms in total. The Balaban J connectivity index is 1.24. The van der Waals surface area contributed by atoms with Crippen LogP contribution in [-0.4, -0.2) is 50.7 Å². The smallest absolute Gasteiger partial charge is 0.244 e. The molecule has 0 spiro atoms. The van der Waals surface area contributed by atoms with Crippen LogP contribution >= 0.6 is 0 Å². The summed E-state index contributed by atoms with van der Waals surface area (Å²) in [6.45, 7) is 2.97. The van der Waals surface area contributed by atoms with E-state index >= 15 is 0 Å². The van der Waals surface area contributed by atoms with Gasteiger partial charge in [0.2, 0.25) is 17.6 Å². The van der Waals surface area contributed by atoms with Gasteiger partial charge in [0.1, 0.15) is 23.9 Å². The number of primary amides is 1. The number of furan rings is 1. The van der Waals surface area contributed by atoms with Crippen molar-refractivity contribution in [1.29, 1.82) is 0 Å². The van der Waals surface area contributed by atoms with E-state index in [-0.39, 0.29) is 24.5 Å². The lowest BCUT2D eigenvalue weighted by Gasteiger charge is -2.31. The molecular formula is C23H28N6O4. The predicted octanol–water partition coefficient (Wildman–Crippen LogP) is 2.26. The second-order valence-corrected chi connectivity index (χ2v) is 8.68. The van der Waals surface area contributed by atoms with Crippen molar-refractivity contribution in [2.75, 3.05) is 24.5 Å². The molecule has 1 atom stereocenters. The van der Waals surface area contributed by atoms with Gasteiger partial charge in [0.25, 0.3) is 0 Å². The summed E-state index contributed by atoms with van der Waals surface area (Å²) in [6, 6.07) is 7.62. The van der Waals surface area contributed by atoms with E-state index in [2.05, 4.69) is 24.9 Å². The number of hydrogen-bond donors (Lipinski definition) is 2. The number of nitrogens with zero attached hydrogens (tertiary/aromatic N) is 5. The molecule has 2 fully saturated rings. The highest BCUT2D eigenvalue weighted by Crippen LogP contribution is 2.33. The van der Waals surface area contributed by atoms with Crippen molar-refractivity contribution in [1.82, 2.24) is 20.0 Å². The zero-order valence-electron chi connectivity index (χ0n) is 18.4. The Morgan fingerprint density at radius 3 is 2.64 bits per heavy atom. The van der Waals surface area contributed by atoms with Crippen LogP contribution in [0, 0.1) is 5.92 Å². The zero-order chi connectivity index (χ0) is 22.8. The number of carbonyl (C=O) groups excluding carboxylic acids is 1. The summed E-state index contributed by atoms with van der Waals surface area (Å²) in [6.07, 6.45) is 5.25. The second-order valence-electron chi connectivity index (χ2n) is 8.68. The first-order valence-corrected chi connectivity index (χ1v) is 11.4. The van der Waals surface area contributed by atoms with Crippen LogP contribution in [-0.2, 0) is 17.9 Å². The van der Waals surface area contributed by atoms with Crippen LogP contribution in [0.3, 0.4) is 0 Å². The Hall–Kier alpha value is -3.24. The van der Waals surface area contributed by atoms with E-state index in [9.17, 15) is 9.90 Å². The molecule has 174 valence electrons.